The van der Waals surface area contributed by atoms with Gasteiger partial charge in [0.2, 0.25) is 0 Å². The van der Waals surface area contributed by atoms with E-state index >= 15 is 0 Å². The third-order valence-electron chi connectivity index (χ3n) is 4.81. The van der Waals surface area contributed by atoms with E-state index in [-0.39, 0.29) is 27.6 Å². The Balaban J connectivity index is 1.72. The van der Waals surface area contributed by atoms with Gasteiger partial charge in [0.15, 0.2) is 21.2 Å². The second kappa shape index (κ2) is 9.69. The number of hydrogen-bond donors (Lipinski definition) is 2. The van der Waals surface area contributed by atoms with Gasteiger partial charge in [0.05, 0.1) is 10.6 Å². The van der Waals surface area contributed by atoms with Gasteiger partial charge in [0, 0.05) is 18.1 Å². The Labute approximate surface area is 180 Å². The molecule has 9 nitrogen and oxygen atoms in total. The molecule has 0 bridgehead atoms. The van der Waals surface area contributed by atoms with Gasteiger partial charge in [-0.3, -0.25) is 4.79 Å². The first kappa shape index (κ1) is 22.4. The SMILES string of the molecule is CCCCCCCS(=O)(=O)c1ccc(NC(=O)c2nn3cccnc3c2C(=O)O)cc1. The molecule has 0 saturated heterocycles. The summed E-state index contributed by atoms with van der Waals surface area (Å²) in [6, 6.07) is 7.36. The third kappa shape index (κ3) is 5.26. The van der Waals surface area contributed by atoms with E-state index in [1.165, 1.54) is 41.2 Å². The minimum Gasteiger partial charge on any atom is -0.477 e. The topological polar surface area (TPSA) is 131 Å². The molecule has 10 heteroatoms. The number of benzene rings is 1. The van der Waals surface area contributed by atoms with Crippen molar-refractivity contribution >= 4 is 33.0 Å². The summed E-state index contributed by atoms with van der Waals surface area (Å²) in [5.41, 5.74) is -0.205. The first-order valence-corrected chi connectivity index (χ1v) is 11.7. The van der Waals surface area contributed by atoms with E-state index in [9.17, 15) is 23.1 Å². The van der Waals surface area contributed by atoms with Crippen LogP contribution in [-0.2, 0) is 9.84 Å². The predicted molar refractivity (Wildman–Crippen MR) is 115 cm³/mol. The number of carbonyl (C=O) groups excluding carboxylic acids is 1. The van der Waals surface area contributed by atoms with Crippen LogP contribution in [0.25, 0.3) is 5.65 Å². The second-order valence-electron chi connectivity index (χ2n) is 7.13. The Morgan fingerprint density at radius 1 is 1.10 bits per heavy atom. The molecule has 0 aliphatic carbocycles. The van der Waals surface area contributed by atoms with E-state index in [0.29, 0.717) is 12.1 Å². The summed E-state index contributed by atoms with van der Waals surface area (Å²) < 4.78 is 26.1. The van der Waals surface area contributed by atoms with Crippen LogP contribution in [0.4, 0.5) is 5.69 Å². The van der Waals surface area contributed by atoms with Gasteiger partial charge in [-0.1, -0.05) is 32.6 Å². The molecule has 0 radical (unpaired) electrons. The van der Waals surface area contributed by atoms with Crippen molar-refractivity contribution in [1.29, 1.82) is 0 Å². The van der Waals surface area contributed by atoms with Gasteiger partial charge >= 0.3 is 5.97 Å². The van der Waals surface area contributed by atoms with E-state index in [1.54, 1.807) is 6.07 Å². The molecule has 0 atom stereocenters. The maximum Gasteiger partial charge on any atom is 0.342 e. The number of carboxylic acid groups (broad SMARTS) is 1. The lowest BCUT2D eigenvalue weighted by Crippen LogP contribution is -2.16. The smallest absolute Gasteiger partial charge is 0.342 e. The molecule has 2 heterocycles. The molecule has 3 rings (SSSR count). The van der Waals surface area contributed by atoms with Gasteiger partial charge in [-0.2, -0.15) is 5.10 Å². The lowest BCUT2D eigenvalue weighted by molar-refractivity contribution is 0.0694. The quantitative estimate of drug-likeness (QED) is 0.458. The van der Waals surface area contributed by atoms with Gasteiger partial charge in [-0.15, -0.1) is 0 Å². The van der Waals surface area contributed by atoms with E-state index < -0.39 is 21.7 Å². The molecule has 2 aromatic heterocycles. The maximum absolute atomic E-state index is 12.6. The van der Waals surface area contributed by atoms with E-state index in [1.807, 2.05) is 0 Å². The molecule has 0 saturated carbocycles. The Kier molecular flexibility index (Phi) is 7.01. The van der Waals surface area contributed by atoms with Crippen LogP contribution in [0.3, 0.4) is 0 Å². The van der Waals surface area contributed by atoms with E-state index in [4.69, 9.17) is 0 Å². The van der Waals surface area contributed by atoms with Gasteiger partial charge in [0.1, 0.15) is 5.56 Å². The van der Waals surface area contributed by atoms with Gasteiger partial charge < -0.3 is 10.4 Å². The zero-order valence-electron chi connectivity index (χ0n) is 17.1. The van der Waals surface area contributed by atoms with Crippen LogP contribution in [0.2, 0.25) is 0 Å². The van der Waals surface area contributed by atoms with Crippen LogP contribution in [0, 0.1) is 0 Å². The van der Waals surface area contributed by atoms with E-state index in [2.05, 4.69) is 22.3 Å². The first-order chi connectivity index (χ1) is 14.8. The van der Waals surface area contributed by atoms with Gasteiger partial charge in [-0.25, -0.2) is 22.7 Å². The number of rotatable bonds is 10. The highest BCUT2D eigenvalue weighted by Crippen LogP contribution is 2.19. The highest BCUT2D eigenvalue weighted by molar-refractivity contribution is 7.91. The Bertz CT molecular complexity index is 1190. The molecule has 1 aromatic carbocycles. The van der Waals surface area contributed by atoms with Crippen molar-refractivity contribution in [2.24, 2.45) is 0 Å². The minimum atomic E-state index is -3.39. The number of sulfone groups is 1. The monoisotopic (exact) mass is 444 g/mol. The van der Waals surface area contributed by atoms with Crippen molar-refractivity contribution in [3.8, 4) is 0 Å². The van der Waals surface area contributed by atoms with Crippen molar-refractivity contribution < 1.29 is 23.1 Å². The fraction of sp³-hybridized carbons (Fsp3) is 0.333. The molecule has 1 amide bonds. The molecule has 0 aliphatic rings. The molecule has 31 heavy (non-hydrogen) atoms. The third-order valence-corrected chi connectivity index (χ3v) is 6.63. The Hall–Kier alpha value is -3.27. The highest BCUT2D eigenvalue weighted by atomic mass is 32.2. The number of carboxylic acids is 1. The van der Waals surface area contributed by atoms with Crippen molar-refractivity contribution in [3.05, 3.63) is 54.0 Å². The van der Waals surface area contributed by atoms with Crippen LogP contribution in [0.5, 0.6) is 0 Å². The normalized spacial score (nSPS) is 11.5. The summed E-state index contributed by atoms with van der Waals surface area (Å²) in [5.74, 6) is -1.97. The zero-order valence-corrected chi connectivity index (χ0v) is 17.9. The number of hydrogen-bond acceptors (Lipinski definition) is 6. The number of carbonyl (C=O) groups is 2. The molecular weight excluding hydrogens is 420 g/mol. The maximum atomic E-state index is 12.6. The minimum absolute atomic E-state index is 0.0560. The number of anilines is 1. The average molecular weight is 445 g/mol. The summed E-state index contributed by atoms with van der Waals surface area (Å²) in [6.07, 6.45) is 7.61. The number of nitrogens with zero attached hydrogens (tertiary/aromatic N) is 3. The summed E-state index contributed by atoms with van der Waals surface area (Å²) >= 11 is 0. The highest BCUT2D eigenvalue weighted by Gasteiger charge is 2.25. The molecule has 2 N–H and O–H groups in total. The average Bonchev–Trinajstić information content (AvgIpc) is 3.14. The molecule has 0 fully saturated rings. The van der Waals surface area contributed by atoms with Crippen LogP contribution in [0.1, 0.15) is 59.9 Å². The molecule has 0 spiro atoms. The molecule has 0 unspecified atom stereocenters. The second-order valence-corrected chi connectivity index (χ2v) is 9.24. The van der Waals surface area contributed by atoms with Crippen LogP contribution in [-0.4, -0.2) is 45.8 Å². The lowest BCUT2D eigenvalue weighted by Gasteiger charge is -2.07. The fourth-order valence-corrected chi connectivity index (χ4v) is 4.56. The largest absolute Gasteiger partial charge is 0.477 e. The Morgan fingerprint density at radius 3 is 2.48 bits per heavy atom. The lowest BCUT2D eigenvalue weighted by atomic mass is 10.2. The molecular formula is C21H24N4O5S. The summed E-state index contributed by atoms with van der Waals surface area (Å²) in [7, 11) is -3.39. The predicted octanol–water partition coefficient (Wildman–Crippen LogP) is 3.42. The van der Waals surface area contributed by atoms with Crippen molar-refractivity contribution in [3.63, 3.8) is 0 Å². The molecule has 164 valence electrons. The number of aromatic carboxylic acids is 1. The van der Waals surface area contributed by atoms with Crippen LogP contribution in [0.15, 0.2) is 47.6 Å². The van der Waals surface area contributed by atoms with Crippen molar-refractivity contribution in [2.45, 2.75) is 43.9 Å². The number of unbranched alkanes of at least 4 members (excludes halogenated alkanes) is 4. The number of nitrogens with one attached hydrogen (secondary N) is 1. The zero-order chi connectivity index (χ0) is 22.4. The number of amides is 1. The molecule has 0 aliphatic heterocycles. The van der Waals surface area contributed by atoms with Crippen molar-refractivity contribution in [2.75, 3.05) is 11.1 Å². The summed E-state index contributed by atoms with van der Waals surface area (Å²) in [6.45, 7) is 2.10. The standard InChI is InChI=1S/C21H24N4O5S/c1-2-3-4-5-6-14-31(29,30)16-10-8-15(9-11-16)23-20(26)18-17(21(27)28)19-22-12-7-13-25(19)24-18/h7-13H,2-6,14H2,1H3,(H,23,26)(H,27,28). The van der Waals surface area contributed by atoms with Gasteiger partial charge in [0.25, 0.3) is 5.91 Å². The fourth-order valence-electron chi connectivity index (χ4n) is 3.19. The summed E-state index contributed by atoms with van der Waals surface area (Å²) in [4.78, 5) is 28.4. The first-order valence-electron chi connectivity index (χ1n) is 10.0. The Morgan fingerprint density at radius 2 is 1.81 bits per heavy atom. The van der Waals surface area contributed by atoms with Crippen LogP contribution >= 0.6 is 0 Å². The molecule has 3 aromatic rings. The number of aromatic nitrogens is 3. The number of fused-ring (bicyclic) bond motifs is 1. The van der Waals surface area contributed by atoms with Crippen LogP contribution < -0.4 is 5.32 Å². The van der Waals surface area contributed by atoms with Crippen molar-refractivity contribution in [1.82, 2.24) is 14.6 Å². The summed E-state index contributed by atoms with van der Waals surface area (Å²) in [5, 5.41) is 16.0. The van der Waals surface area contributed by atoms with E-state index in [0.717, 1.165) is 25.7 Å². The van der Waals surface area contributed by atoms with Gasteiger partial charge in [-0.05, 0) is 36.8 Å².